The summed E-state index contributed by atoms with van der Waals surface area (Å²) < 4.78 is 0. The summed E-state index contributed by atoms with van der Waals surface area (Å²) in [5.74, 6) is 1.23. The van der Waals surface area contributed by atoms with E-state index in [1.54, 1.807) is 6.08 Å². The summed E-state index contributed by atoms with van der Waals surface area (Å²) >= 11 is 0. The molecule has 1 rings (SSSR count). The van der Waals surface area contributed by atoms with Gasteiger partial charge in [0.2, 0.25) is 0 Å². The van der Waals surface area contributed by atoms with Gasteiger partial charge in [-0.3, -0.25) is 4.89 Å². The van der Waals surface area contributed by atoms with Crippen LogP contribution in [0.4, 0.5) is 0 Å². The molecule has 140 valence electrons. The molecule has 1 N–H and O–H groups in total. The molecule has 0 heterocycles. The normalized spacial score (nSPS) is 20.8. The molecule has 3 nitrogen and oxygen atoms in total. The highest BCUT2D eigenvalue weighted by molar-refractivity contribution is 5.81. The summed E-state index contributed by atoms with van der Waals surface area (Å²) in [5, 5.41) is 8.15. The first-order valence-electron chi connectivity index (χ1n) is 10.3. The monoisotopic (exact) mass is 338 g/mol. The Morgan fingerprint density at radius 1 is 0.958 bits per heavy atom. The van der Waals surface area contributed by atoms with Crippen molar-refractivity contribution in [2.24, 2.45) is 11.8 Å². The number of hydrogen-bond donors (Lipinski definition) is 1. The minimum Gasteiger partial charge on any atom is -0.296 e. The Kier molecular flexibility index (Phi) is 12.8. The van der Waals surface area contributed by atoms with Crippen molar-refractivity contribution in [1.82, 2.24) is 0 Å². The SMILES string of the molecule is CCCCCCCCC[C@H]1CCC[C@@H]1CCCC/C=C\C(=O)OO. The van der Waals surface area contributed by atoms with Crippen LogP contribution in [0.1, 0.15) is 103 Å². The predicted octanol–water partition coefficient (Wildman–Crippen LogP) is 6.68. The highest BCUT2D eigenvalue weighted by atomic mass is 17.1. The van der Waals surface area contributed by atoms with Crippen LogP contribution in [0.25, 0.3) is 0 Å². The van der Waals surface area contributed by atoms with Crippen LogP contribution in [-0.4, -0.2) is 11.2 Å². The third-order valence-corrected chi connectivity index (χ3v) is 5.53. The molecule has 1 aliphatic carbocycles. The lowest BCUT2D eigenvalue weighted by atomic mass is 9.87. The Balaban J connectivity index is 2.02. The molecule has 1 saturated carbocycles. The molecule has 0 amide bonds. The van der Waals surface area contributed by atoms with Crippen molar-refractivity contribution >= 4 is 5.97 Å². The number of rotatable bonds is 14. The third kappa shape index (κ3) is 10.1. The molecule has 1 aliphatic rings. The Hall–Kier alpha value is -0.830. The molecule has 0 radical (unpaired) electrons. The van der Waals surface area contributed by atoms with Gasteiger partial charge in [0.15, 0.2) is 0 Å². The topological polar surface area (TPSA) is 46.5 Å². The quantitative estimate of drug-likeness (QED) is 0.166. The van der Waals surface area contributed by atoms with Gasteiger partial charge in [-0.15, -0.1) is 0 Å². The van der Waals surface area contributed by atoms with Crippen LogP contribution in [0, 0.1) is 11.8 Å². The molecule has 0 aromatic rings. The van der Waals surface area contributed by atoms with Crippen molar-refractivity contribution in [2.45, 2.75) is 103 Å². The molecule has 0 bridgehead atoms. The third-order valence-electron chi connectivity index (χ3n) is 5.53. The van der Waals surface area contributed by atoms with Crippen molar-refractivity contribution < 1.29 is 14.9 Å². The van der Waals surface area contributed by atoms with Gasteiger partial charge in [0.05, 0.1) is 0 Å². The first kappa shape index (κ1) is 21.2. The van der Waals surface area contributed by atoms with E-state index in [2.05, 4.69) is 11.8 Å². The van der Waals surface area contributed by atoms with Gasteiger partial charge in [-0.25, -0.2) is 4.79 Å². The van der Waals surface area contributed by atoms with Crippen LogP contribution in [0.15, 0.2) is 12.2 Å². The maximum absolute atomic E-state index is 10.7. The zero-order valence-corrected chi connectivity index (χ0v) is 15.7. The van der Waals surface area contributed by atoms with E-state index in [0.29, 0.717) is 0 Å². The summed E-state index contributed by atoms with van der Waals surface area (Å²) in [4.78, 5) is 14.3. The number of hydrogen-bond acceptors (Lipinski definition) is 3. The van der Waals surface area contributed by atoms with E-state index < -0.39 is 5.97 Å². The Morgan fingerprint density at radius 2 is 1.54 bits per heavy atom. The van der Waals surface area contributed by atoms with Crippen LogP contribution in [0.2, 0.25) is 0 Å². The molecule has 0 unspecified atom stereocenters. The molecule has 24 heavy (non-hydrogen) atoms. The van der Waals surface area contributed by atoms with Crippen molar-refractivity contribution in [3.05, 3.63) is 12.2 Å². The van der Waals surface area contributed by atoms with Gasteiger partial charge in [-0.05, 0) is 24.7 Å². The van der Waals surface area contributed by atoms with Gasteiger partial charge >= 0.3 is 5.97 Å². The number of carbonyl (C=O) groups excluding carboxylic acids is 1. The fraction of sp³-hybridized carbons (Fsp3) is 0.857. The average Bonchev–Trinajstić information content (AvgIpc) is 3.04. The molecule has 1 fully saturated rings. The fourth-order valence-electron chi connectivity index (χ4n) is 4.12. The molecule has 3 heteroatoms. The van der Waals surface area contributed by atoms with Crippen LogP contribution in [0.3, 0.4) is 0 Å². The summed E-state index contributed by atoms with van der Waals surface area (Å²) in [6, 6.07) is 0. The smallest absolute Gasteiger partial charge is 0.296 e. The van der Waals surface area contributed by atoms with Gasteiger partial charge in [0, 0.05) is 6.08 Å². The fourth-order valence-corrected chi connectivity index (χ4v) is 4.12. The highest BCUT2D eigenvalue weighted by Gasteiger charge is 2.25. The van der Waals surface area contributed by atoms with Gasteiger partial charge in [-0.1, -0.05) is 96.5 Å². The van der Waals surface area contributed by atoms with Gasteiger partial charge in [-0.2, -0.15) is 5.26 Å². The molecule has 0 aromatic carbocycles. The first-order chi connectivity index (χ1) is 11.8. The second kappa shape index (κ2) is 14.5. The van der Waals surface area contributed by atoms with Crippen LogP contribution in [0.5, 0.6) is 0 Å². The first-order valence-corrected chi connectivity index (χ1v) is 10.3. The molecule has 0 spiro atoms. The van der Waals surface area contributed by atoms with Gasteiger partial charge in [0.1, 0.15) is 0 Å². The van der Waals surface area contributed by atoms with E-state index in [1.807, 2.05) is 0 Å². The lowest BCUT2D eigenvalue weighted by Gasteiger charge is -2.19. The van der Waals surface area contributed by atoms with Crippen LogP contribution < -0.4 is 0 Å². The molecule has 0 aromatic heterocycles. The Labute approximate surface area is 148 Å². The Bertz CT molecular complexity index is 338. The second-order valence-electron chi connectivity index (χ2n) is 7.46. The van der Waals surface area contributed by atoms with Crippen LogP contribution >= 0.6 is 0 Å². The van der Waals surface area contributed by atoms with Gasteiger partial charge in [0.25, 0.3) is 0 Å². The van der Waals surface area contributed by atoms with E-state index in [4.69, 9.17) is 5.26 Å². The second-order valence-corrected chi connectivity index (χ2v) is 7.46. The summed E-state index contributed by atoms with van der Waals surface area (Å²) in [7, 11) is 0. The standard InChI is InChI=1S/C21H38O3/c1-2-3-4-5-6-7-10-14-19-16-13-17-20(19)15-11-8-9-12-18-21(22)24-23/h12,18-20,23H,2-11,13-17H2,1H3/b18-12-/t19-,20-/m0/s1. The van der Waals surface area contributed by atoms with E-state index in [1.165, 1.54) is 89.5 Å². The van der Waals surface area contributed by atoms with Crippen molar-refractivity contribution in [1.29, 1.82) is 0 Å². The maximum Gasteiger partial charge on any atom is 0.365 e. The minimum atomic E-state index is -0.680. The zero-order chi connectivity index (χ0) is 17.5. The largest absolute Gasteiger partial charge is 0.365 e. The predicted molar refractivity (Wildman–Crippen MR) is 99.8 cm³/mol. The number of carbonyl (C=O) groups is 1. The summed E-state index contributed by atoms with van der Waals surface area (Å²) in [6.45, 7) is 2.28. The Morgan fingerprint density at radius 3 is 2.17 bits per heavy atom. The molecular weight excluding hydrogens is 300 g/mol. The number of unbranched alkanes of at least 4 members (excludes halogenated alkanes) is 8. The minimum absolute atomic E-state index is 0.680. The lowest BCUT2D eigenvalue weighted by molar-refractivity contribution is -0.228. The van der Waals surface area contributed by atoms with Crippen LogP contribution in [-0.2, 0) is 9.68 Å². The zero-order valence-electron chi connectivity index (χ0n) is 15.7. The molecule has 2 atom stereocenters. The molecule has 0 saturated heterocycles. The summed E-state index contributed by atoms with van der Waals surface area (Å²) in [6.07, 6.45) is 23.3. The van der Waals surface area contributed by atoms with E-state index in [9.17, 15) is 4.79 Å². The van der Waals surface area contributed by atoms with E-state index in [-0.39, 0.29) is 0 Å². The summed E-state index contributed by atoms with van der Waals surface area (Å²) in [5.41, 5.74) is 0. The van der Waals surface area contributed by atoms with Gasteiger partial charge < -0.3 is 0 Å². The molecular formula is C21H38O3. The average molecular weight is 339 g/mol. The van der Waals surface area contributed by atoms with Crippen molar-refractivity contribution in [3.8, 4) is 0 Å². The highest BCUT2D eigenvalue weighted by Crippen LogP contribution is 2.38. The number of allylic oxidation sites excluding steroid dienone is 1. The maximum atomic E-state index is 10.7. The molecule has 0 aliphatic heterocycles. The lowest BCUT2D eigenvalue weighted by Crippen LogP contribution is -2.08. The van der Waals surface area contributed by atoms with E-state index >= 15 is 0 Å². The van der Waals surface area contributed by atoms with E-state index in [0.717, 1.165) is 24.7 Å². The van der Waals surface area contributed by atoms with Crippen molar-refractivity contribution in [3.63, 3.8) is 0 Å². The van der Waals surface area contributed by atoms with Crippen molar-refractivity contribution in [2.75, 3.05) is 0 Å².